The highest BCUT2D eigenvalue weighted by atomic mass is 79.9. The maximum Gasteiger partial charge on any atom is 0.268 e. The van der Waals surface area contributed by atoms with Crippen LogP contribution < -0.4 is 5.32 Å². The Morgan fingerprint density at radius 2 is 2.31 bits per heavy atom. The molecule has 1 rings (SSSR count). The summed E-state index contributed by atoms with van der Waals surface area (Å²) in [5.74, 6) is -0.0828. The first-order valence-electron chi connectivity index (χ1n) is 5.22. The van der Waals surface area contributed by atoms with Crippen LogP contribution in [-0.2, 0) is 11.8 Å². The van der Waals surface area contributed by atoms with Crippen molar-refractivity contribution in [3.63, 3.8) is 0 Å². The van der Waals surface area contributed by atoms with Crippen molar-refractivity contribution >= 4 is 21.8 Å². The molecule has 16 heavy (non-hydrogen) atoms. The Kier molecular flexibility index (Phi) is 5.02. The van der Waals surface area contributed by atoms with E-state index in [-0.39, 0.29) is 12.0 Å². The van der Waals surface area contributed by atoms with Gasteiger partial charge in [-0.3, -0.25) is 4.79 Å². The molecule has 0 saturated heterocycles. The highest BCUT2D eigenvalue weighted by molar-refractivity contribution is 9.10. The first kappa shape index (κ1) is 13.3. The number of aromatic nitrogens is 1. The lowest BCUT2D eigenvalue weighted by Gasteiger charge is -2.08. The largest absolute Gasteiger partial charge is 0.377 e. The zero-order valence-corrected chi connectivity index (χ0v) is 11.4. The lowest BCUT2D eigenvalue weighted by molar-refractivity contribution is 0.0743. The third-order valence-corrected chi connectivity index (χ3v) is 2.48. The van der Waals surface area contributed by atoms with Gasteiger partial charge in [0.05, 0.1) is 12.7 Å². The van der Waals surface area contributed by atoms with Crippen molar-refractivity contribution in [1.29, 1.82) is 0 Å². The van der Waals surface area contributed by atoms with E-state index < -0.39 is 0 Å². The number of halogens is 1. The predicted molar refractivity (Wildman–Crippen MR) is 66.5 cm³/mol. The number of amides is 1. The molecule has 0 fully saturated rings. The number of carbonyl (C=O) groups is 1. The minimum absolute atomic E-state index is 0.0828. The van der Waals surface area contributed by atoms with E-state index in [4.69, 9.17) is 4.74 Å². The predicted octanol–water partition coefficient (Wildman–Crippen LogP) is 1.94. The molecule has 1 amide bonds. The van der Waals surface area contributed by atoms with Gasteiger partial charge in [0, 0.05) is 24.3 Å². The van der Waals surface area contributed by atoms with Gasteiger partial charge in [-0.1, -0.05) is 0 Å². The van der Waals surface area contributed by atoms with Crippen molar-refractivity contribution in [2.75, 3.05) is 13.2 Å². The zero-order valence-electron chi connectivity index (χ0n) is 9.79. The number of rotatable bonds is 5. The summed E-state index contributed by atoms with van der Waals surface area (Å²) >= 11 is 3.33. The van der Waals surface area contributed by atoms with Crippen LogP contribution in [0.4, 0.5) is 0 Å². The lowest BCUT2D eigenvalue weighted by atomic mass is 10.4. The van der Waals surface area contributed by atoms with Crippen molar-refractivity contribution in [2.24, 2.45) is 7.05 Å². The van der Waals surface area contributed by atoms with Crippen LogP contribution in [0.5, 0.6) is 0 Å². The quantitative estimate of drug-likeness (QED) is 0.842. The van der Waals surface area contributed by atoms with Gasteiger partial charge in [0.25, 0.3) is 5.91 Å². The highest BCUT2D eigenvalue weighted by Gasteiger charge is 2.09. The van der Waals surface area contributed by atoms with Crippen LogP contribution in [0.15, 0.2) is 16.7 Å². The average molecular weight is 289 g/mol. The number of aryl methyl sites for hydroxylation is 1. The van der Waals surface area contributed by atoms with Gasteiger partial charge in [0.1, 0.15) is 5.69 Å². The smallest absolute Gasteiger partial charge is 0.268 e. The lowest BCUT2D eigenvalue weighted by Crippen LogP contribution is -2.29. The Hall–Kier alpha value is -0.810. The highest BCUT2D eigenvalue weighted by Crippen LogP contribution is 2.13. The fourth-order valence-electron chi connectivity index (χ4n) is 1.30. The van der Waals surface area contributed by atoms with Gasteiger partial charge in [-0.05, 0) is 35.8 Å². The second-order valence-electron chi connectivity index (χ2n) is 3.83. The van der Waals surface area contributed by atoms with Gasteiger partial charge >= 0.3 is 0 Å². The molecule has 0 unspecified atom stereocenters. The molecule has 0 atom stereocenters. The molecule has 90 valence electrons. The molecule has 4 nitrogen and oxygen atoms in total. The standard InChI is InChI=1S/C11H17BrN2O2/c1-8(2)16-5-4-13-11(15)10-6-9(12)7-14(10)3/h6-8H,4-5H2,1-3H3,(H,13,15). The summed E-state index contributed by atoms with van der Waals surface area (Å²) in [7, 11) is 1.84. The molecule has 0 saturated carbocycles. The molecule has 0 aliphatic heterocycles. The maximum absolute atomic E-state index is 11.7. The summed E-state index contributed by atoms with van der Waals surface area (Å²) in [6.07, 6.45) is 2.04. The van der Waals surface area contributed by atoms with Crippen LogP contribution in [0, 0.1) is 0 Å². The van der Waals surface area contributed by atoms with Gasteiger partial charge in [-0.15, -0.1) is 0 Å². The normalized spacial score (nSPS) is 10.8. The number of hydrogen-bond acceptors (Lipinski definition) is 2. The van der Waals surface area contributed by atoms with Crippen molar-refractivity contribution in [3.05, 3.63) is 22.4 Å². The first-order valence-corrected chi connectivity index (χ1v) is 6.01. The molecule has 5 heteroatoms. The van der Waals surface area contributed by atoms with Gasteiger partial charge < -0.3 is 14.6 Å². The van der Waals surface area contributed by atoms with E-state index in [2.05, 4.69) is 21.2 Å². The third kappa shape index (κ3) is 3.98. The van der Waals surface area contributed by atoms with Gasteiger partial charge in [0.2, 0.25) is 0 Å². The Morgan fingerprint density at radius 3 is 2.81 bits per heavy atom. The molecule has 0 radical (unpaired) electrons. The fourth-order valence-corrected chi connectivity index (χ4v) is 1.82. The molecular formula is C11H17BrN2O2. The number of nitrogens with one attached hydrogen (secondary N) is 1. The van der Waals surface area contributed by atoms with Crippen molar-refractivity contribution in [1.82, 2.24) is 9.88 Å². The van der Waals surface area contributed by atoms with Crippen molar-refractivity contribution in [2.45, 2.75) is 20.0 Å². The topological polar surface area (TPSA) is 43.3 Å². The van der Waals surface area contributed by atoms with E-state index in [0.717, 1.165) is 4.47 Å². The Bertz CT molecular complexity index is 361. The van der Waals surface area contributed by atoms with Gasteiger partial charge in [-0.25, -0.2) is 0 Å². The molecule has 1 aromatic heterocycles. The second kappa shape index (κ2) is 6.06. The molecule has 1 aromatic rings. The Morgan fingerprint density at radius 1 is 1.62 bits per heavy atom. The monoisotopic (exact) mass is 288 g/mol. The van der Waals surface area contributed by atoms with Crippen LogP contribution >= 0.6 is 15.9 Å². The molecule has 0 aliphatic carbocycles. The average Bonchev–Trinajstić information content (AvgIpc) is 2.52. The van der Waals surface area contributed by atoms with Crippen molar-refractivity contribution < 1.29 is 9.53 Å². The van der Waals surface area contributed by atoms with Crippen LogP contribution in [0.1, 0.15) is 24.3 Å². The number of nitrogens with zero attached hydrogens (tertiary/aromatic N) is 1. The van der Waals surface area contributed by atoms with Crippen LogP contribution in [0.2, 0.25) is 0 Å². The minimum atomic E-state index is -0.0828. The van der Waals surface area contributed by atoms with E-state index in [1.54, 1.807) is 10.6 Å². The maximum atomic E-state index is 11.7. The Balaban J connectivity index is 2.38. The zero-order chi connectivity index (χ0) is 12.1. The summed E-state index contributed by atoms with van der Waals surface area (Å²) in [5.41, 5.74) is 0.636. The van der Waals surface area contributed by atoms with E-state index in [9.17, 15) is 4.79 Å². The molecular weight excluding hydrogens is 272 g/mol. The van der Waals surface area contributed by atoms with Gasteiger partial charge in [0.15, 0.2) is 0 Å². The van der Waals surface area contributed by atoms with Crippen LogP contribution in [-0.4, -0.2) is 29.7 Å². The van der Waals surface area contributed by atoms with Crippen molar-refractivity contribution in [3.8, 4) is 0 Å². The molecule has 1 N–H and O–H groups in total. The summed E-state index contributed by atoms with van der Waals surface area (Å²) in [5, 5.41) is 2.80. The third-order valence-electron chi connectivity index (χ3n) is 2.04. The van der Waals surface area contributed by atoms with E-state index >= 15 is 0 Å². The second-order valence-corrected chi connectivity index (χ2v) is 4.75. The minimum Gasteiger partial charge on any atom is -0.377 e. The SMILES string of the molecule is CC(C)OCCNC(=O)c1cc(Br)cn1C. The first-order chi connectivity index (χ1) is 7.50. The summed E-state index contributed by atoms with van der Waals surface area (Å²) < 4.78 is 8.01. The number of hydrogen-bond donors (Lipinski definition) is 1. The molecule has 0 bridgehead atoms. The number of carbonyl (C=O) groups excluding carboxylic acids is 1. The summed E-state index contributed by atoms with van der Waals surface area (Å²) in [4.78, 5) is 11.7. The summed E-state index contributed by atoms with van der Waals surface area (Å²) in [6, 6.07) is 1.79. The fraction of sp³-hybridized carbons (Fsp3) is 0.545. The number of ether oxygens (including phenoxy) is 1. The van der Waals surface area contributed by atoms with Crippen LogP contribution in [0.25, 0.3) is 0 Å². The van der Waals surface area contributed by atoms with E-state index in [1.807, 2.05) is 27.1 Å². The molecule has 0 spiro atoms. The molecule has 0 aliphatic rings. The van der Waals surface area contributed by atoms with Crippen LogP contribution in [0.3, 0.4) is 0 Å². The summed E-state index contributed by atoms with van der Waals surface area (Å²) in [6.45, 7) is 5.00. The Labute approximate surface area is 104 Å². The van der Waals surface area contributed by atoms with E-state index in [1.165, 1.54) is 0 Å². The van der Waals surface area contributed by atoms with Gasteiger partial charge in [-0.2, -0.15) is 0 Å². The molecule has 1 heterocycles. The van der Waals surface area contributed by atoms with E-state index in [0.29, 0.717) is 18.8 Å². The molecule has 0 aromatic carbocycles.